The molecule has 1 unspecified atom stereocenters. The van der Waals surface area contributed by atoms with Crippen molar-refractivity contribution in [2.75, 3.05) is 13.1 Å². The Morgan fingerprint density at radius 1 is 1.44 bits per heavy atom. The molecule has 0 spiro atoms. The molecule has 1 aliphatic heterocycles. The van der Waals surface area contributed by atoms with E-state index in [0.717, 1.165) is 0 Å². The van der Waals surface area contributed by atoms with Gasteiger partial charge in [-0.1, -0.05) is 0 Å². The smallest absolute Gasteiger partial charge is 0.323 e. The lowest BCUT2D eigenvalue weighted by molar-refractivity contribution is -0.314. The number of halogens is 2. The highest BCUT2D eigenvalue weighted by molar-refractivity contribution is 5.75. The fourth-order valence-corrected chi connectivity index (χ4v) is 1.26. The molecule has 1 heterocycles. The molecule has 0 aromatic rings. The zero-order valence-corrected chi connectivity index (χ0v) is 9.64. The van der Waals surface area contributed by atoms with Crippen LogP contribution in [0.15, 0.2) is 0 Å². The molecule has 2 N–H and O–H groups in total. The van der Waals surface area contributed by atoms with E-state index in [2.05, 4.69) is 10.1 Å². The first kappa shape index (κ1) is 13.3. The predicted molar refractivity (Wildman–Crippen MR) is 52.9 cm³/mol. The lowest BCUT2D eigenvalue weighted by atomic mass is 9.95. The first-order valence-electron chi connectivity index (χ1n) is 5.13. The van der Waals surface area contributed by atoms with E-state index in [0.29, 0.717) is 0 Å². The fraction of sp³-hybridized carbons (Fsp3) is 0.900. The van der Waals surface area contributed by atoms with Crippen molar-refractivity contribution in [2.24, 2.45) is 5.41 Å². The molecule has 16 heavy (non-hydrogen) atoms. The molecule has 0 bridgehead atoms. The maximum Gasteiger partial charge on any atom is 0.323 e. The highest BCUT2D eigenvalue weighted by atomic mass is 19.3. The minimum absolute atomic E-state index is 0.184. The molecule has 0 radical (unpaired) electrons. The number of ether oxygens (including phenoxy) is 1. The van der Waals surface area contributed by atoms with E-state index < -0.39 is 29.6 Å². The number of piperidine rings is 1. The average molecular weight is 237 g/mol. The quantitative estimate of drug-likeness (QED) is 0.525. The van der Waals surface area contributed by atoms with Gasteiger partial charge >= 0.3 is 11.9 Å². The first-order chi connectivity index (χ1) is 7.08. The van der Waals surface area contributed by atoms with Crippen LogP contribution in [0.2, 0.25) is 0 Å². The van der Waals surface area contributed by atoms with Crippen LogP contribution in [-0.4, -0.2) is 35.9 Å². The summed E-state index contributed by atoms with van der Waals surface area (Å²) in [7, 11) is 0. The van der Waals surface area contributed by atoms with Crippen LogP contribution in [0, 0.1) is 5.41 Å². The molecule has 0 aromatic carbocycles. The second kappa shape index (κ2) is 3.92. The van der Waals surface area contributed by atoms with Gasteiger partial charge in [-0.2, -0.15) is 8.78 Å². The maximum atomic E-state index is 13.4. The molecule has 1 aliphatic rings. The van der Waals surface area contributed by atoms with Crippen LogP contribution in [0.4, 0.5) is 8.78 Å². The minimum atomic E-state index is -3.47. The number of hydrogen-bond donors (Lipinski definition) is 2. The predicted octanol–water partition coefficient (Wildman–Crippen LogP) is 0.893. The maximum absolute atomic E-state index is 13.4. The van der Waals surface area contributed by atoms with Gasteiger partial charge in [-0.15, -0.1) is 0 Å². The van der Waals surface area contributed by atoms with E-state index >= 15 is 0 Å². The summed E-state index contributed by atoms with van der Waals surface area (Å²) >= 11 is 0. The van der Waals surface area contributed by atoms with Crippen LogP contribution in [-0.2, 0) is 9.53 Å². The molecule has 4 nitrogen and oxygen atoms in total. The average Bonchev–Trinajstić information content (AvgIpc) is 2.09. The number of carbonyl (C=O) groups excluding carboxylic acids is 1. The Labute approximate surface area is 93.0 Å². The number of nitrogens with one attached hydrogen (secondary N) is 1. The van der Waals surface area contributed by atoms with E-state index in [1.807, 2.05) is 0 Å². The van der Waals surface area contributed by atoms with Crippen molar-refractivity contribution >= 4 is 5.97 Å². The lowest BCUT2D eigenvalue weighted by Crippen LogP contribution is -2.61. The Kier molecular flexibility index (Phi) is 3.27. The third-order valence-corrected chi connectivity index (χ3v) is 2.43. The van der Waals surface area contributed by atoms with Gasteiger partial charge in [0.15, 0.2) is 0 Å². The topological polar surface area (TPSA) is 58.6 Å². The SMILES string of the molecule is CC(C)(C)C(=O)OC1(O)CCNCC1(F)F. The molecule has 0 saturated carbocycles. The van der Waals surface area contributed by atoms with Gasteiger partial charge in [-0.3, -0.25) is 4.79 Å². The third kappa shape index (κ3) is 2.49. The summed E-state index contributed by atoms with van der Waals surface area (Å²) in [6, 6.07) is 0. The molecule has 6 heteroatoms. The molecule has 0 aromatic heterocycles. The lowest BCUT2D eigenvalue weighted by Gasteiger charge is -2.39. The van der Waals surface area contributed by atoms with Crippen molar-refractivity contribution in [2.45, 2.75) is 38.9 Å². The third-order valence-electron chi connectivity index (χ3n) is 2.43. The second-order valence-electron chi connectivity index (χ2n) is 5.06. The largest absolute Gasteiger partial charge is 0.426 e. The van der Waals surface area contributed by atoms with E-state index in [-0.39, 0.29) is 13.0 Å². The summed E-state index contributed by atoms with van der Waals surface area (Å²) in [6.07, 6.45) is -0.318. The van der Waals surface area contributed by atoms with Crippen LogP contribution in [0.25, 0.3) is 0 Å². The van der Waals surface area contributed by atoms with Gasteiger partial charge in [0.25, 0.3) is 5.79 Å². The fourth-order valence-electron chi connectivity index (χ4n) is 1.26. The Balaban J connectivity index is 2.81. The number of rotatable bonds is 1. The molecule has 1 fully saturated rings. The molecule has 94 valence electrons. The summed E-state index contributed by atoms with van der Waals surface area (Å²) in [5.41, 5.74) is -0.920. The van der Waals surface area contributed by atoms with Crippen LogP contribution in [0.3, 0.4) is 0 Å². The summed E-state index contributed by atoms with van der Waals surface area (Å²) in [5, 5.41) is 12.1. The zero-order chi connectivity index (χ0) is 12.6. The van der Waals surface area contributed by atoms with Crippen molar-refractivity contribution in [1.82, 2.24) is 5.32 Å². The Morgan fingerprint density at radius 2 is 2.00 bits per heavy atom. The van der Waals surface area contributed by atoms with Crippen LogP contribution in [0.5, 0.6) is 0 Å². The summed E-state index contributed by atoms with van der Waals surface area (Å²) in [6.45, 7) is 4.11. The van der Waals surface area contributed by atoms with Gasteiger partial charge in [-0.25, -0.2) is 0 Å². The van der Waals surface area contributed by atoms with E-state index in [4.69, 9.17) is 0 Å². The molecule has 1 rings (SSSR count). The van der Waals surface area contributed by atoms with Crippen molar-refractivity contribution < 1.29 is 23.4 Å². The van der Waals surface area contributed by atoms with Crippen LogP contribution < -0.4 is 5.32 Å². The second-order valence-corrected chi connectivity index (χ2v) is 5.06. The molecule has 0 aliphatic carbocycles. The normalized spacial score (nSPS) is 29.9. The summed E-state index contributed by atoms with van der Waals surface area (Å²) in [5.74, 6) is -6.99. The molecule has 0 amide bonds. The minimum Gasteiger partial charge on any atom is -0.426 e. The van der Waals surface area contributed by atoms with E-state index in [1.165, 1.54) is 20.8 Å². The van der Waals surface area contributed by atoms with Gasteiger partial charge in [0, 0.05) is 13.0 Å². The first-order valence-corrected chi connectivity index (χ1v) is 5.13. The Morgan fingerprint density at radius 3 is 2.44 bits per heavy atom. The molecule has 1 atom stereocenters. The van der Waals surface area contributed by atoms with Crippen molar-refractivity contribution in [3.63, 3.8) is 0 Å². The van der Waals surface area contributed by atoms with Gasteiger partial charge in [0.05, 0.1) is 12.0 Å². The van der Waals surface area contributed by atoms with Crippen LogP contribution >= 0.6 is 0 Å². The van der Waals surface area contributed by atoms with E-state index in [1.54, 1.807) is 0 Å². The highest BCUT2D eigenvalue weighted by Gasteiger charge is 2.58. The van der Waals surface area contributed by atoms with E-state index in [9.17, 15) is 18.7 Å². The number of aliphatic hydroxyl groups is 1. The highest BCUT2D eigenvalue weighted by Crippen LogP contribution is 2.36. The molecule has 1 saturated heterocycles. The number of hydrogen-bond acceptors (Lipinski definition) is 4. The number of esters is 1. The summed E-state index contributed by atoms with van der Waals surface area (Å²) < 4.78 is 31.4. The van der Waals surface area contributed by atoms with Crippen molar-refractivity contribution in [1.29, 1.82) is 0 Å². The molecular weight excluding hydrogens is 220 g/mol. The Bertz CT molecular complexity index is 288. The standard InChI is InChI=1S/C10H17F2NO3/c1-8(2,3)7(14)16-10(15)4-5-13-6-9(10,11)12/h13,15H,4-6H2,1-3H3. The molecular formula is C10H17F2NO3. The number of alkyl halides is 2. The van der Waals surface area contributed by atoms with Gasteiger partial charge in [-0.05, 0) is 20.8 Å². The number of carbonyl (C=O) groups is 1. The van der Waals surface area contributed by atoms with Crippen LogP contribution in [0.1, 0.15) is 27.2 Å². The van der Waals surface area contributed by atoms with Gasteiger partial charge in [0.2, 0.25) is 0 Å². The van der Waals surface area contributed by atoms with Crippen molar-refractivity contribution in [3.8, 4) is 0 Å². The van der Waals surface area contributed by atoms with Gasteiger partial charge in [0.1, 0.15) is 0 Å². The summed E-state index contributed by atoms with van der Waals surface area (Å²) in [4.78, 5) is 11.5. The van der Waals surface area contributed by atoms with Gasteiger partial charge < -0.3 is 15.2 Å². The monoisotopic (exact) mass is 237 g/mol. The van der Waals surface area contributed by atoms with Crippen molar-refractivity contribution in [3.05, 3.63) is 0 Å². The Hall–Kier alpha value is -0.750. The zero-order valence-electron chi connectivity index (χ0n) is 9.64.